The van der Waals surface area contributed by atoms with Crippen molar-refractivity contribution >= 4 is 21.8 Å². The molecular weight excluding hydrogens is 388 g/mol. The van der Waals surface area contributed by atoms with E-state index in [0.717, 1.165) is 50.2 Å². The van der Waals surface area contributed by atoms with Crippen molar-refractivity contribution in [3.63, 3.8) is 0 Å². The number of nitrogens with one attached hydrogen (secondary N) is 1. The maximum atomic E-state index is 12.8. The Hall–Kier alpha value is -1.87. The number of anilines is 1. The summed E-state index contributed by atoms with van der Waals surface area (Å²) in [7, 11) is -3.31. The highest BCUT2D eigenvalue weighted by Crippen LogP contribution is 2.17. The van der Waals surface area contributed by atoms with E-state index in [1.54, 1.807) is 10.5 Å². The molecule has 1 aromatic heterocycles. The first kappa shape index (κ1) is 21.8. The highest BCUT2D eigenvalue weighted by molar-refractivity contribution is 7.89. The molecule has 29 heavy (non-hydrogen) atoms. The average molecular weight is 423 g/mol. The van der Waals surface area contributed by atoms with Gasteiger partial charge < -0.3 is 15.1 Å². The highest BCUT2D eigenvalue weighted by Gasteiger charge is 2.27. The van der Waals surface area contributed by atoms with Crippen LogP contribution < -0.4 is 10.2 Å². The summed E-state index contributed by atoms with van der Waals surface area (Å²) in [4.78, 5) is 13.3. The molecule has 0 aliphatic carbocycles. The van der Waals surface area contributed by atoms with E-state index in [0.29, 0.717) is 26.2 Å². The summed E-state index contributed by atoms with van der Waals surface area (Å²) >= 11 is 0. The number of likely N-dealkylation sites (tertiary alicyclic amines) is 1. The van der Waals surface area contributed by atoms with Crippen LogP contribution in [0.25, 0.3) is 0 Å². The number of rotatable bonds is 6. The van der Waals surface area contributed by atoms with Gasteiger partial charge in [-0.05, 0) is 37.8 Å². The zero-order chi connectivity index (χ0) is 20.7. The number of pyridine rings is 1. The summed E-state index contributed by atoms with van der Waals surface area (Å²) in [5.74, 6) is 2.55. The number of aliphatic imine (C=N–C) groups is 1. The zero-order valence-corrected chi connectivity index (χ0v) is 18.4. The van der Waals surface area contributed by atoms with E-state index < -0.39 is 10.0 Å². The van der Waals surface area contributed by atoms with Crippen LogP contribution in [0.5, 0.6) is 0 Å². The monoisotopic (exact) mass is 422 g/mol. The molecule has 8 nitrogen and oxygen atoms in total. The lowest BCUT2D eigenvalue weighted by Gasteiger charge is -2.34. The summed E-state index contributed by atoms with van der Waals surface area (Å²) in [6.45, 7) is 9.66. The van der Waals surface area contributed by atoms with Crippen LogP contribution in [0.2, 0.25) is 0 Å². The second-order valence-electron chi connectivity index (χ2n) is 7.80. The molecule has 0 aromatic carbocycles. The van der Waals surface area contributed by atoms with Gasteiger partial charge in [-0.15, -0.1) is 0 Å². The Morgan fingerprint density at radius 1 is 1.17 bits per heavy atom. The molecule has 0 saturated carbocycles. The Labute approximate surface area is 175 Å². The third kappa shape index (κ3) is 6.05. The average Bonchev–Trinajstić information content (AvgIpc) is 2.74. The second kappa shape index (κ2) is 10.2. The first-order chi connectivity index (χ1) is 14.0. The number of hydrogen-bond donors (Lipinski definition) is 1. The van der Waals surface area contributed by atoms with Crippen molar-refractivity contribution < 1.29 is 8.42 Å². The molecule has 3 rings (SSSR count). The Balaban J connectivity index is 1.51. The molecule has 0 spiro atoms. The van der Waals surface area contributed by atoms with E-state index in [1.807, 2.05) is 25.1 Å². The molecule has 1 aromatic rings. The molecule has 1 N–H and O–H groups in total. The van der Waals surface area contributed by atoms with Crippen molar-refractivity contribution in [1.29, 1.82) is 0 Å². The topological polar surface area (TPSA) is 81.1 Å². The van der Waals surface area contributed by atoms with E-state index in [9.17, 15) is 8.42 Å². The van der Waals surface area contributed by atoms with E-state index in [-0.39, 0.29) is 12.3 Å². The van der Waals surface area contributed by atoms with Crippen molar-refractivity contribution in [3.8, 4) is 0 Å². The largest absolute Gasteiger partial charge is 0.357 e. The van der Waals surface area contributed by atoms with Crippen LogP contribution >= 0.6 is 0 Å². The molecule has 2 aliphatic rings. The van der Waals surface area contributed by atoms with Crippen LogP contribution in [0.15, 0.2) is 29.4 Å². The minimum Gasteiger partial charge on any atom is -0.357 e. The minimum absolute atomic E-state index is 0.0513. The SMILES string of the molecule is CCNC(=NCCS(=O)(=O)N1CCN(c2ccccn2)CC1)N1CCC(C)CC1. The van der Waals surface area contributed by atoms with Crippen LogP contribution in [-0.4, -0.2) is 86.7 Å². The molecule has 0 atom stereocenters. The lowest BCUT2D eigenvalue weighted by molar-refractivity contribution is 0.273. The summed E-state index contributed by atoms with van der Waals surface area (Å²) < 4.78 is 27.1. The summed E-state index contributed by atoms with van der Waals surface area (Å²) in [5, 5.41) is 3.31. The van der Waals surface area contributed by atoms with Crippen molar-refractivity contribution in [2.75, 3.05) is 63.0 Å². The number of sulfonamides is 1. The molecule has 2 saturated heterocycles. The summed E-state index contributed by atoms with van der Waals surface area (Å²) in [5.41, 5.74) is 0. The highest BCUT2D eigenvalue weighted by atomic mass is 32.2. The van der Waals surface area contributed by atoms with Crippen molar-refractivity contribution in [2.24, 2.45) is 10.9 Å². The van der Waals surface area contributed by atoms with Crippen molar-refractivity contribution in [2.45, 2.75) is 26.7 Å². The molecule has 0 unspecified atom stereocenters. The lowest BCUT2D eigenvalue weighted by Crippen LogP contribution is -2.50. The van der Waals surface area contributed by atoms with Gasteiger partial charge in [0.15, 0.2) is 5.96 Å². The van der Waals surface area contributed by atoms with E-state index >= 15 is 0 Å². The predicted molar refractivity (Wildman–Crippen MR) is 118 cm³/mol. The number of guanidine groups is 1. The molecule has 2 aliphatic heterocycles. The van der Waals surface area contributed by atoms with Crippen LogP contribution in [0.1, 0.15) is 26.7 Å². The molecule has 0 amide bonds. The fourth-order valence-electron chi connectivity index (χ4n) is 3.78. The molecule has 162 valence electrons. The minimum atomic E-state index is -3.31. The van der Waals surface area contributed by atoms with Crippen molar-refractivity contribution in [3.05, 3.63) is 24.4 Å². The van der Waals surface area contributed by atoms with Crippen LogP contribution in [0, 0.1) is 5.92 Å². The quantitative estimate of drug-likeness (QED) is 0.549. The van der Waals surface area contributed by atoms with Gasteiger partial charge in [-0.25, -0.2) is 13.4 Å². The fraction of sp³-hybridized carbons (Fsp3) is 0.700. The van der Waals surface area contributed by atoms with Gasteiger partial charge >= 0.3 is 0 Å². The van der Waals surface area contributed by atoms with Gasteiger partial charge in [-0.3, -0.25) is 4.99 Å². The number of nitrogens with zero attached hydrogens (tertiary/aromatic N) is 5. The predicted octanol–water partition coefficient (Wildman–Crippen LogP) is 1.23. The molecule has 2 fully saturated rings. The smallest absolute Gasteiger partial charge is 0.216 e. The molecule has 0 bridgehead atoms. The number of piperazine rings is 1. The standard InChI is InChI=1S/C20H34N6O2S/c1-3-21-20(25-11-7-18(2)8-12-25)23-10-17-29(27,28)26-15-13-24(14-16-26)19-6-4-5-9-22-19/h4-6,9,18H,3,7-8,10-17H2,1-2H3,(H,21,23). The third-order valence-corrected chi connectivity index (χ3v) is 7.48. The van der Waals surface area contributed by atoms with Crippen LogP contribution in [0.3, 0.4) is 0 Å². The number of hydrogen-bond acceptors (Lipinski definition) is 5. The zero-order valence-electron chi connectivity index (χ0n) is 17.6. The normalized spacial score (nSPS) is 20.1. The van der Waals surface area contributed by atoms with Crippen LogP contribution in [0.4, 0.5) is 5.82 Å². The first-order valence-corrected chi connectivity index (χ1v) is 12.3. The maximum Gasteiger partial charge on any atom is 0.216 e. The summed E-state index contributed by atoms with van der Waals surface area (Å²) in [6, 6.07) is 5.80. The molecular formula is C20H34N6O2S. The maximum absolute atomic E-state index is 12.8. The summed E-state index contributed by atoms with van der Waals surface area (Å²) in [6.07, 6.45) is 4.08. The molecule has 3 heterocycles. The fourth-order valence-corrected chi connectivity index (χ4v) is 5.08. The number of piperidine rings is 1. The van der Waals surface area contributed by atoms with Gasteiger partial charge in [0.2, 0.25) is 10.0 Å². The number of aromatic nitrogens is 1. The van der Waals surface area contributed by atoms with Gasteiger partial charge in [0.05, 0.1) is 12.3 Å². The van der Waals surface area contributed by atoms with Gasteiger partial charge in [-0.2, -0.15) is 4.31 Å². The Bertz CT molecular complexity index is 754. The Morgan fingerprint density at radius 3 is 2.52 bits per heavy atom. The van der Waals surface area contributed by atoms with Crippen LogP contribution in [-0.2, 0) is 10.0 Å². The van der Waals surface area contributed by atoms with E-state index in [4.69, 9.17) is 0 Å². The van der Waals surface area contributed by atoms with E-state index in [1.165, 1.54) is 0 Å². The molecule has 9 heteroatoms. The lowest BCUT2D eigenvalue weighted by atomic mass is 10.00. The van der Waals surface area contributed by atoms with Gasteiger partial charge in [0.1, 0.15) is 5.82 Å². The van der Waals surface area contributed by atoms with Gasteiger partial charge in [0, 0.05) is 52.0 Å². The molecule has 0 radical (unpaired) electrons. The second-order valence-corrected chi connectivity index (χ2v) is 9.88. The van der Waals surface area contributed by atoms with Crippen molar-refractivity contribution in [1.82, 2.24) is 19.5 Å². The first-order valence-electron chi connectivity index (χ1n) is 10.7. The van der Waals surface area contributed by atoms with E-state index in [2.05, 4.69) is 32.0 Å². The van der Waals surface area contributed by atoms with Gasteiger partial charge in [-0.1, -0.05) is 13.0 Å². The Morgan fingerprint density at radius 2 is 1.90 bits per heavy atom. The third-order valence-electron chi connectivity index (χ3n) is 5.63. The van der Waals surface area contributed by atoms with Gasteiger partial charge in [0.25, 0.3) is 0 Å². The Kier molecular flexibility index (Phi) is 7.71.